The van der Waals surface area contributed by atoms with Crippen LogP contribution in [-0.4, -0.2) is 0 Å². The molecule has 0 amide bonds. The minimum atomic E-state index is -0.399. The summed E-state index contributed by atoms with van der Waals surface area (Å²) >= 11 is 5.95. The van der Waals surface area contributed by atoms with Crippen LogP contribution in [0.3, 0.4) is 0 Å². The smallest absolute Gasteiger partial charge is 0.138 e. The fourth-order valence-electron chi connectivity index (χ4n) is 2.21. The van der Waals surface area contributed by atoms with Gasteiger partial charge in [0.1, 0.15) is 29.5 Å². The molecule has 0 aliphatic heterocycles. The molecule has 0 aliphatic rings. The number of para-hydroxylation sites is 1. The number of nitrogens with two attached hydrogens (primary N) is 1. The van der Waals surface area contributed by atoms with Gasteiger partial charge < -0.3 is 14.9 Å². The highest BCUT2D eigenvalue weighted by Crippen LogP contribution is 2.29. The molecule has 0 aliphatic carbocycles. The van der Waals surface area contributed by atoms with Crippen LogP contribution in [0.1, 0.15) is 11.3 Å². The Hall–Kier alpha value is -2.04. The van der Waals surface area contributed by atoms with Gasteiger partial charge in [-0.05, 0) is 24.3 Å². The van der Waals surface area contributed by atoms with Crippen LogP contribution in [0.4, 0.5) is 4.39 Å². The van der Waals surface area contributed by atoms with Crippen LogP contribution >= 0.6 is 11.6 Å². The minimum Gasteiger partial charge on any atom is -0.487 e. The predicted octanol–water partition coefficient (Wildman–Crippen LogP) is 4.26. The van der Waals surface area contributed by atoms with E-state index >= 15 is 0 Å². The molecule has 3 aromatic rings. The summed E-state index contributed by atoms with van der Waals surface area (Å²) < 4.78 is 24.4. The van der Waals surface area contributed by atoms with E-state index in [9.17, 15) is 4.39 Å². The SMILES string of the molecule is NCc1oc2ccccc2c1COc1ccc(F)cc1Cl. The second kappa shape index (κ2) is 5.76. The summed E-state index contributed by atoms with van der Waals surface area (Å²) in [6.45, 7) is 0.541. The molecule has 0 saturated heterocycles. The van der Waals surface area contributed by atoms with Gasteiger partial charge in [0.05, 0.1) is 11.6 Å². The molecule has 1 aromatic heterocycles. The van der Waals surface area contributed by atoms with Crippen LogP contribution in [0, 0.1) is 5.82 Å². The van der Waals surface area contributed by atoms with E-state index in [0.717, 1.165) is 16.5 Å². The van der Waals surface area contributed by atoms with Crippen LogP contribution in [0.15, 0.2) is 46.9 Å². The molecule has 1 heterocycles. The molecule has 0 fully saturated rings. The molecule has 0 spiro atoms. The molecule has 3 rings (SSSR count). The molecular weight excluding hydrogens is 293 g/mol. The first-order chi connectivity index (χ1) is 10.2. The Morgan fingerprint density at radius 1 is 1.19 bits per heavy atom. The third-order valence-electron chi connectivity index (χ3n) is 3.23. The van der Waals surface area contributed by atoms with Crippen LogP contribution in [-0.2, 0) is 13.2 Å². The second-order valence-corrected chi connectivity index (χ2v) is 4.97. The van der Waals surface area contributed by atoms with Gasteiger partial charge in [0, 0.05) is 10.9 Å². The van der Waals surface area contributed by atoms with E-state index in [4.69, 9.17) is 26.5 Å². The lowest BCUT2D eigenvalue weighted by Gasteiger charge is -2.08. The first kappa shape index (κ1) is 13.9. The lowest BCUT2D eigenvalue weighted by atomic mass is 10.1. The largest absolute Gasteiger partial charge is 0.487 e. The zero-order valence-corrected chi connectivity index (χ0v) is 11.9. The highest BCUT2D eigenvalue weighted by molar-refractivity contribution is 6.32. The number of benzene rings is 2. The Morgan fingerprint density at radius 2 is 2.00 bits per heavy atom. The molecule has 21 heavy (non-hydrogen) atoms. The summed E-state index contributed by atoms with van der Waals surface area (Å²) in [5.74, 6) is 0.699. The van der Waals surface area contributed by atoms with E-state index in [-0.39, 0.29) is 18.2 Å². The highest BCUT2D eigenvalue weighted by Gasteiger charge is 2.14. The average molecular weight is 306 g/mol. The van der Waals surface area contributed by atoms with Crippen molar-refractivity contribution in [2.45, 2.75) is 13.2 Å². The van der Waals surface area contributed by atoms with Crippen molar-refractivity contribution in [3.05, 3.63) is 64.6 Å². The molecule has 5 heteroatoms. The maximum atomic E-state index is 13.0. The van der Waals surface area contributed by atoms with Gasteiger partial charge in [-0.25, -0.2) is 4.39 Å². The molecule has 108 valence electrons. The highest BCUT2D eigenvalue weighted by atomic mass is 35.5. The first-order valence-electron chi connectivity index (χ1n) is 6.46. The van der Waals surface area contributed by atoms with Crippen molar-refractivity contribution in [1.82, 2.24) is 0 Å². The Morgan fingerprint density at radius 3 is 2.76 bits per heavy atom. The van der Waals surface area contributed by atoms with Crippen molar-refractivity contribution in [2.75, 3.05) is 0 Å². The maximum absolute atomic E-state index is 13.0. The quantitative estimate of drug-likeness (QED) is 0.783. The van der Waals surface area contributed by atoms with E-state index in [1.807, 2.05) is 24.3 Å². The van der Waals surface area contributed by atoms with Gasteiger partial charge >= 0.3 is 0 Å². The standard InChI is InChI=1S/C16H13ClFNO2/c17-13-7-10(18)5-6-15(13)20-9-12-11-3-1-2-4-14(11)21-16(12)8-19/h1-7H,8-9,19H2. The lowest BCUT2D eigenvalue weighted by Crippen LogP contribution is -2.02. The van der Waals surface area contributed by atoms with Crippen LogP contribution < -0.4 is 10.5 Å². The van der Waals surface area contributed by atoms with Crippen molar-refractivity contribution < 1.29 is 13.5 Å². The van der Waals surface area contributed by atoms with Gasteiger partial charge in [-0.15, -0.1) is 0 Å². The Balaban J connectivity index is 1.91. The maximum Gasteiger partial charge on any atom is 0.138 e. The van der Waals surface area contributed by atoms with E-state index < -0.39 is 5.82 Å². The molecule has 0 radical (unpaired) electrons. The van der Waals surface area contributed by atoms with Crippen molar-refractivity contribution in [1.29, 1.82) is 0 Å². The zero-order chi connectivity index (χ0) is 14.8. The number of halogens is 2. The summed E-state index contributed by atoms with van der Waals surface area (Å²) in [7, 11) is 0. The fraction of sp³-hybridized carbons (Fsp3) is 0.125. The Bertz CT molecular complexity index is 785. The average Bonchev–Trinajstić information content (AvgIpc) is 2.84. The third kappa shape index (κ3) is 2.73. The van der Waals surface area contributed by atoms with Crippen LogP contribution in [0.5, 0.6) is 5.75 Å². The second-order valence-electron chi connectivity index (χ2n) is 4.57. The van der Waals surface area contributed by atoms with E-state index in [2.05, 4.69) is 0 Å². The van der Waals surface area contributed by atoms with Crippen molar-refractivity contribution in [3.8, 4) is 5.75 Å². The van der Waals surface area contributed by atoms with Crippen molar-refractivity contribution in [2.24, 2.45) is 5.73 Å². The number of hydrogen-bond acceptors (Lipinski definition) is 3. The summed E-state index contributed by atoms with van der Waals surface area (Å²) in [5, 5.41) is 1.19. The number of furan rings is 1. The minimum absolute atomic E-state index is 0.233. The molecule has 0 atom stereocenters. The number of rotatable bonds is 4. The first-order valence-corrected chi connectivity index (χ1v) is 6.84. The molecule has 2 N–H and O–H groups in total. The third-order valence-corrected chi connectivity index (χ3v) is 3.53. The Kier molecular flexibility index (Phi) is 3.82. The van der Waals surface area contributed by atoms with E-state index in [1.54, 1.807) is 0 Å². The van der Waals surface area contributed by atoms with Gasteiger partial charge in [-0.1, -0.05) is 29.8 Å². The summed E-state index contributed by atoms with van der Waals surface area (Å²) in [6, 6.07) is 11.7. The van der Waals surface area contributed by atoms with Gasteiger partial charge in [-0.2, -0.15) is 0 Å². The summed E-state index contributed by atoms with van der Waals surface area (Å²) in [4.78, 5) is 0. The summed E-state index contributed by atoms with van der Waals surface area (Å²) in [5.41, 5.74) is 7.36. The van der Waals surface area contributed by atoms with Gasteiger partial charge in [-0.3, -0.25) is 0 Å². The number of fused-ring (bicyclic) bond motifs is 1. The van der Waals surface area contributed by atoms with Crippen LogP contribution in [0.2, 0.25) is 5.02 Å². The summed E-state index contributed by atoms with van der Waals surface area (Å²) in [6.07, 6.45) is 0. The monoisotopic (exact) mass is 305 g/mol. The topological polar surface area (TPSA) is 48.4 Å². The number of ether oxygens (including phenoxy) is 1. The normalized spacial score (nSPS) is 11.0. The van der Waals surface area contributed by atoms with Gasteiger partial charge in [0.15, 0.2) is 0 Å². The Labute approximate surface area is 126 Å². The van der Waals surface area contributed by atoms with E-state index in [0.29, 0.717) is 11.5 Å². The molecule has 0 unspecified atom stereocenters. The predicted molar refractivity (Wildman–Crippen MR) is 79.8 cm³/mol. The molecule has 0 bridgehead atoms. The van der Waals surface area contributed by atoms with Crippen molar-refractivity contribution in [3.63, 3.8) is 0 Å². The lowest BCUT2D eigenvalue weighted by molar-refractivity contribution is 0.303. The van der Waals surface area contributed by atoms with Crippen molar-refractivity contribution >= 4 is 22.6 Å². The zero-order valence-electron chi connectivity index (χ0n) is 11.1. The molecule has 0 saturated carbocycles. The molecular formula is C16H13ClFNO2. The van der Waals surface area contributed by atoms with Gasteiger partial charge in [0.2, 0.25) is 0 Å². The molecule has 2 aromatic carbocycles. The van der Waals surface area contributed by atoms with Gasteiger partial charge in [0.25, 0.3) is 0 Å². The van der Waals surface area contributed by atoms with Crippen LogP contribution in [0.25, 0.3) is 11.0 Å². The fourth-order valence-corrected chi connectivity index (χ4v) is 2.44. The number of hydrogen-bond donors (Lipinski definition) is 1. The molecule has 3 nitrogen and oxygen atoms in total. The van der Waals surface area contributed by atoms with E-state index in [1.165, 1.54) is 18.2 Å².